The molecule has 1 aromatic carbocycles. The maximum atomic E-state index is 12.1. The lowest BCUT2D eigenvalue weighted by molar-refractivity contribution is 0.0929. The number of nitrogens with one attached hydrogen (secondary N) is 1. The van der Waals surface area contributed by atoms with Gasteiger partial charge in [-0.25, -0.2) is 0 Å². The highest BCUT2D eigenvalue weighted by molar-refractivity contribution is 5.94. The number of hydrogen-bond acceptors (Lipinski definition) is 2. The molecule has 1 unspecified atom stereocenters. The van der Waals surface area contributed by atoms with Gasteiger partial charge in [-0.15, -0.1) is 0 Å². The van der Waals surface area contributed by atoms with Gasteiger partial charge in [0.2, 0.25) is 0 Å². The van der Waals surface area contributed by atoms with E-state index in [4.69, 9.17) is 0 Å². The standard InChI is InChI=1S/C16H20N2O/c1-12-6-5-9-14(10-12)16(19)18-15(11-17)13-7-3-2-4-8-13/h5-6,9-10,13,15H,2-4,7-8H2,1H3,(H,18,19). The SMILES string of the molecule is Cc1cccc(C(=O)NC(C#N)C2CCCCC2)c1. The van der Waals surface area contributed by atoms with Gasteiger partial charge in [0.15, 0.2) is 0 Å². The van der Waals surface area contributed by atoms with E-state index in [1.54, 1.807) is 6.07 Å². The normalized spacial score (nSPS) is 17.5. The first-order valence-corrected chi connectivity index (χ1v) is 6.98. The van der Waals surface area contributed by atoms with Crippen LogP contribution in [0.15, 0.2) is 24.3 Å². The van der Waals surface area contributed by atoms with Crippen molar-refractivity contribution in [2.24, 2.45) is 5.92 Å². The molecule has 1 aliphatic carbocycles. The van der Waals surface area contributed by atoms with Gasteiger partial charge in [0.1, 0.15) is 6.04 Å². The molecule has 100 valence electrons. The summed E-state index contributed by atoms with van der Waals surface area (Å²) < 4.78 is 0. The fraction of sp³-hybridized carbons (Fsp3) is 0.500. The number of carbonyl (C=O) groups is 1. The van der Waals surface area contributed by atoms with Crippen molar-refractivity contribution in [3.05, 3.63) is 35.4 Å². The molecule has 1 saturated carbocycles. The summed E-state index contributed by atoms with van der Waals surface area (Å²) in [6, 6.07) is 9.37. The highest BCUT2D eigenvalue weighted by atomic mass is 16.1. The molecule has 1 aliphatic rings. The monoisotopic (exact) mass is 256 g/mol. The van der Waals surface area contributed by atoms with E-state index in [1.807, 2.05) is 25.1 Å². The van der Waals surface area contributed by atoms with Crippen LogP contribution in [0.1, 0.15) is 48.0 Å². The van der Waals surface area contributed by atoms with Crippen LogP contribution in [0.4, 0.5) is 0 Å². The van der Waals surface area contributed by atoms with E-state index in [0.29, 0.717) is 11.5 Å². The highest BCUT2D eigenvalue weighted by Gasteiger charge is 2.25. The number of aryl methyl sites for hydroxylation is 1. The summed E-state index contributed by atoms with van der Waals surface area (Å²) in [6.07, 6.45) is 5.69. The Bertz CT molecular complexity index is 484. The molecule has 0 aliphatic heterocycles. The lowest BCUT2D eigenvalue weighted by Crippen LogP contribution is -2.40. The second-order valence-electron chi connectivity index (χ2n) is 5.35. The van der Waals surface area contributed by atoms with E-state index in [0.717, 1.165) is 18.4 Å². The van der Waals surface area contributed by atoms with Gasteiger partial charge in [0.25, 0.3) is 5.91 Å². The number of amides is 1. The number of benzene rings is 1. The Hall–Kier alpha value is -1.82. The predicted octanol–water partition coefficient (Wildman–Crippen LogP) is 3.20. The van der Waals surface area contributed by atoms with Crippen LogP contribution < -0.4 is 5.32 Å². The third kappa shape index (κ3) is 3.57. The van der Waals surface area contributed by atoms with Crippen LogP contribution in [0.25, 0.3) is 0 Å². The second kappa shape index (κ2) is 6.38. The third-order valence-electron chi connectivity index (χ3n) is 3.83. The minimum atomic E-state index is -0.353. The topological polar surface area (TPSA) is 52.9 Å². The van der Waals surface area contributed by atoms with Crippen molar-refractivity contribution in [1.82, 2.24) is 5.32 Å². The van der Waals surface area contributed by atoms with Crippen LogP contribution >= 0.6 is 0 Å². The van der Waals surface area contributed by atoms with Crippen LogP contribution in [-0.2, 0) is 0 Å². The molecule has 0 heterocycles. The molecule has 0 spiro atoms. The van der Waals surface area contributed by atoms with E-state index in [-0.39, 0.29) is 11.9 Å². The van der Waals surface area contributed by atoms with Crippen LogP contribution in [0.5, 0.6) is 0 Å². The summed E-state index contributed by atoms with van der Waals surface area (Å²) >= 11 is 0. The minimum absolute atomic E-state index is 0.138. The molecule has 1 aromatic rings. The maximum absolute atomic E-state index is 12.1. The molecule has 2 rings (SSSR count). The van der Waals surface area contributed by atoms with E-state index in [2.05, 4.69) is 11.4 Å². The van der Waals surface area contributed by atoms with E-state index >= 15 is 0 Å². The Labute approximate surface area is 114 Å². The number of carbonyl (C=O) groups excluding carboxylic acids is 1. The fourth-order valence-corrected chi connectivity index (χ4v) is 2.73. The summed E-state index contributed by atoms with van der Waals surface area (Å²) in [4.78, 5) is 12.1. The van der Waals surface area contributed by atoms with Crippen molar-refractivity contribution < 1.29 is 4.79 Å². The smallest absolute Gasteiger partial charge is 0.252 e. The van der Waals surface area contributed by atoms with Crippen molar-refractivity contribution in [1.29, 1.82) is 5.26 Å². The Morgan fingerprint density at radius 2 is 2.11 bits per heavy atom. The molecule has 1 atom stereocenters. The molecule has 0 radical (unpaired) electrons. The molecule has 1 fully saturated rings. The molecule has 3 nitrogen and oxygen atoms in total. The van der Waals surface area contributed by atoms with Crippen molar-refractivity contribution >= 4 is 5.91 Å². The van der Waals surface area contributed by atoms with Gasteiger partial charge in [-0.2, -0.15) is 5.26 Å². The fourth-order valence-electron chi connectivity index (χ4n) is 2.73. The summed E-state index contributed by atoms with van der Waals surface area (Å²) in [5, 5.41) is 12.1. The van der Waals surface area contributed by atoms with Gasteiger partial charge in [-0.3, -0.25) is 4.79 Å². The Morgan fingerprint density at radius 1 is 1.37 bits per heavy atom. The van der Waals surface area contributed by atoms with E-state index in [9.17, 15) is 10.1 Å². The minimum Gasteiger partial charge on any atom is -0.336 e. The molecular formula is C16H20N2O. The molecule has 1 N–H and O–H groups in total. The van der Waals surface area contributed by atoms with Crippen molar-refractivity contribution in [2.75, 3.05) is 0 Å². The third-order valence-corrected chi connectivity index (χ3v) is 3.83. The average Bonchev–Trinajstić information content (AvgIpc) is 2.45. The first kappa shape index (κ1) is 13.6. The van der Waals surface area contributed by atoms with Gasteiger partial charge in [0.05, 0.1) is 6.07 Å². The van der Waals surface area contributed by atoms with Crippen molar-refractivity contribution in [2.45, 2.75) is 45.1 Å². The van der Waals surface area contributed by atoms with Gasteiger partial charge < -0.3 is 5.32 Å². The van der Waals surface area contributed by atoms with Crippen LogP contribution in [0, 0.1) is 24.2 Å². The van der Waals surface area contributed by atoms with Crippen molar-refractivity contribution in [3.8, 4) is 6.07 Å². The van der Waals surface area contributed by atoms with Gasteiger partial charge in [0, 0.05) is 5.56 Å². The largest absolute Gasteiger partial charge is 0.336 e. The molecule has 0 bridgehead atoms. The van der Waals surface area contributed by atoms with Crippen LogP contribution in [0.2, 0.25) is 0 Å². The number of rotatable bonds is 3. The van der Waals surface area contributed by atoms with E-state index < -0.39 is 0 Å². The number of nitriles is 1. The highest BCUT2D eigenvalue weighted by Crippen LogP contribution is 2.26. The summed E-state index contributed by atoms with van der Waals surface area (Å²) in [7, 11) is 0. The summed E-state index contributed by atoms with van der Waals surface area (Å²) in [5.74, 6) is 0.174. The summed E-state index contributed by atoms with van der Waals surface area (Å²) in [5.41, 5.74) is 1.69. The number of nitrogens with zero attached hydrogens (tertiary/aromatic N) is 1. The first-order chi connectivity index (χ1) is 9.20. The Kier molecular flexibility index (Phi) is 4.57. The Balaban J connectivity index is 2.02. The zero-order valence-electron chi connectivity index (χ0n) is 11.4. The Morgan fingerprint density at radius 3 is 2.74 bits per heavy atom. The molecule has 0 aromatic heterocycles. The second-order valence-corrected chi connectivity index (χ2v) is 5.35. The zero-order chi connectivity index (χ0) is 13.7. The van der Waals surface area contributed by atoms with Gasteiger partial charge >= 0.3 is 0 Å². The number of hydrogen-bond donors (Lipinski definition) is 1. The lowest BCUT2D eigenvalue weighted by Gasteiger charge is -2.26. The van der Waals surface area contributed by atoms with Crippen LogP contribution in [0.3, 0.4) is 0 Å². The molecule has 19 heavy (non-hydrogen) atoms. The molecule has 1 amide bonds. The van der Waals surface area contributed by atoms with Crippen LogP contribution in [-0.4, -0.2) is 11.9 Å². The zero-order valence-corrected chi connectivity index (χ0v) is 11.4. The van der Waals surface area contributed by atoms with E-state index in [1.165, 1.54) is 19.3 Å². The molecule has 0 saturated heterocycles. The quantitative estimate of drug-likeness (QED) is 0.903. The van der Waals surface area contributed by atoms with Gasteiger partial charge in [-0.05, 0) is 37.8 Å². The lowest BCUT2D eigenvalue weighted by atomic mass is 9.84. The molecule has 3 heteroatoms. The van der Waals surface area contributed by atoms with Gasteiger partial charge in [-0.1, -0.05) is 37.0 Å². The average molecular weight is 256 g/mol. The van der Waals surface area contributed by atoms with Crippen molar-refractivity contribution in [3.63, 3.8) is 0 Å². The molecular weight excluding hydrogens is 236 g/mol. The predicted molar refractivity (Wildman–Crippen MR) is 74.6 cm³/mol. The first-order valence-electron chi connectivity index (χ1n) is 6.98. The maximum Gasteiger partial charge on any atom is 0.252 e. The summed E-state index contributed by atoms with van der Waals surface area (Å²) in [6.45, 7) is 1.96.